The molecule has 0 aliphatic carbocycles. The van der Waals surface area contributed by atoms with E-state index in [-0.39, 0.29) is 12.3 Å². The van der Waals surface area contributed by atoms with Gasteiger partial charge in [0.15, 0.2) is 0 Å². The molecule has 1 aromatic rings. The monoisotopic (exact) mass is 262 g/mol. The maximum Gasteiger partial charge on any atom is 0.236 e. The van der Waals surface area contributed by atoms with E-state index in [1.165, 1.54) is 11.4 Å². The first kappa shape index (κ1) is 13.3. The molecule has 0 amide bonds. The summed E-state index contributed by atoms with van der Waals surface area (Å²) in [6, 6.07) is 5.08. The van der Waals surface area contributed by atoms with Crippen molar-refractivity contribution in [1.29, 1.82) is 0 Å². The zero-order valence-electron chi connectivity index (χ0n) is 9.27. The highest BCUT2D eigenvalue weighted by Gasteiger charge is 2.18. The predicted molar refractivity (Wildman–Crippen MR) is 67.4 cm³/mol. The summed E-state index contributed by atoms with van der Waals surface area (Å²) in [4.78, 5) is 0. The summed E-state index contributed by atoms with van der Waals surface area (Å²) in [5.74, 6) is -0.0639. The van der Waals surface area contributed by atoms with Crippen LogP contribution in [-0.4, -0.2) is 27.8 Å². The summed E-state index contributed by atoms with van der Waals surface area (Å²) in [6.45, 7) is 1.93. The number of benzene rings is 1. The second-order valence-electron chi connectivity index (χ2n) is 3.50. The van der Waals surface area contributed by atoms with Gasteiger partial charge in [0.2, 0.25) is 10.0 Å². The van der Waals surface area contributed by atoms with Gasteiger partial charge in [-0.25, -0.2) is 8.42 Å². The van der Waals surface area contributed by atoms with Crippen LogP contribution in [0, 0.1) is 6.92 Å². The zero-order valence-corrected chi connectivity index (χ0v) is 10.8. The Morgan fingerprint density at radius 1 is 1.44 bits per heavy atom. The van der Waals surface area contributed by atoms with Gasteiger partial charge in [0.25, 0.3) is 0 Å². The molecule has 0 saturated heterocycles. The van der Waals surface area contributed by atoms with Crippen molar-refractivity contribution in [3.05, 3.63) is 28.8 Å². The second-order valence-corrected chi connectivity index (χ2v) is 6.06. The molecule has 0 atom stereocenters. The van der Waals surface area contributed by atoms with Crippen molar-refractivity contribution >= 4 is 27.3 Å². The molecule has 0 bridgehead atoms. The lowest BCUT2D eigenvalue weighted by molar-refractivity contribution is 0.594. The SMILES string of the molecule is Cc1cc(Cl)ccc1N(C)S(=O)(=O)CCN. The lowest BCUT2D eigenvalue weighted by Gasteiger charge is -2.21. The second kappa shape index (κ2) is 5.03. The van der Waals surface area contributed by atoms with Gasteiger partial charge in [0.05, 0.1) is 11.4 Å². The molecule has 0 saturated carbocycles. The lowest BCUT2D eigenvalue weighted by Crippen LogP contribution is -2.32. The van der Waals surface area contributed by atoms with Crippen molar-refractivity contribution in [2.45, 2.75) is 6.92 Å². The highest BCUT2D eigenvalue weighted by atomic mass is 35.5. The number of rotatable bonds is 4. The van der Waals surface area contributed by atoms with E-state index in [9.17, 15) is 8.42 Å². The highest BCUT2D eigenvalue weighted by Crippen LogP contribution is 2.24. The van der Waals surface area contributed by atoms with Gasteiger partial charge in [-0.2, -0.15) is 0 Å². The molecule has 0 spiro atoms. The Labute approximate surface area is 101 Å². The third kappa shape index (κ3) is 2.87. The molecule has 1 rings (SSSR count). The molecule has 0 aliphatic rings. The average molecular weight is 263 g/mol. The Morgan fingerprint density at radius 3 is 2.56 bits per heavy atom. The van der Waals surface area contributed by atoms with Gasteiger partial charge in [-0.3, -0.25) is 4.31 Å². The van der Waals surface area contributed by atoms with Crippen molar-refractivity contribution in [3.8, 4) is 0 Å². The minimum Gasteiger partial charge on any atom is -0.329 e. The van der Waals surface area contributed by atoms with Crippen LogP contribution in [0.15, 0.2) is 18.2 Å². The van der Waals surface area contributed by atoms with Crippen LogP contribution < -0.4 is 10.0 Å². The quantitative estimate of drug-likeness (QED) is 0.892. The van der Waals surface area contributed by atoms with Gasteiger partial charge in [-0.15, -0.1) is 0 Å². The standard InChI is InChI=1S/C10H15ClN2O2S/c1-8-7-9(11)3-4-10(8)13(2)16(14,15)6-5-12/h3-4,7H,5-6,12H2,1-2H3. The Balaban J connectivity index is 3.10. The van der Waals surface area contributed by atoms with E-state index in [2.05, 4.69) is 0 Å². The molecular weight excluding hydrogens is 248 g/mol. The molecule has 0 heterocycles. The van der Waals surface area contributed by atoms with E-state index in [4.69, 9.17) is 17.3 Å². The zero-order chi connectivity index (χ0) is 12.3. The fourth-order valence-corrected chi connectivity index (χ4v) is 2.71. The molecule has 6 heteroatoms. The van der Waals surface area contributed by atoms with Crippen molar-refractivity contribution < 1.29 is 8.42 Å². The van der Waals surface area contributed by atoms with E-state index in [0.29, 0.717) is 10.7 Å². The van der Waals surface area contributed by atoms with Gasteiger partial charge in [0.1, 0.15) is 0 Å². The molecule has 0 radical (unpaired) electrons. The summed E-state index contributed by atoms with van der Waals surface area (Å²) >= 11 is 5.81. The smallest absolute Gasteiger partial charge is 0.236 e. The summed E-state index contributed by atoms with van der Waals surface area (Å²) in [7, 11) is -1.82. The van der Waals surface area contributed by atoms with Crippen LogP contribution >= 0.6 is 11.6 Å². The van der Waals surface area contributed by atoms with Gasteiger partial charge < -0.3 is 5.73 Å². The van der Waals surface area contributed by atoms with Gasteiger partial charge >= 0.3 is 0 Å². The van der Waals surface area contributed by atoms with E-state index in [0.717, 1.165) is 5.56 Å². The molecule has 0 aromatic heterocycles. The molecule has 4 nitrogen and oxygen atoms in total. The van der Waals surface area contributed by atoms with Crippen molar-refractivity contribution in [3.63, 3.8) is 0 Å². The van der Waals surface area contributed by atoms with Crippen molar-refractivity contribution in [2.24, 2.45) is 5.73 Å². The minimum atomic E-state index is -3.33. The Hall–Kier alpha value is -0.780. The van der Waals surface area contributed by atoms with E-state index < -0.39 is 10.0 Å². The first-order valence-electron chi connectivity index (χ1n) is 4.81. The van der Waals surface area contributed by atoms with Crippen LogP contribution in [0.2, 0.25) is 5.02 Å². The molecular formula is C10H15ClN2O2S. The van der Waals surface area contributed by atoms with Crippen LogP contribution in [0.3, 0.4) is 0 Å². The van der Waals surface area contributed by atoms with Crippen LogP contribution in [0.25, 0.3) is 0 Å². The number of nitrogens with two attached hydrogens (primary N) is 1. The predicted octanol–water partition coefficient (Wildman–Crippen LogP) is 1.37. The van der Waals surface area contributed by atoms with Crippen molar-refractivity contribution in [1.82, 2.24) is 0 Å². The Kier molecular flexibility index (Phi) is 4.18. The topological polar surface area (TPSA) is 63.4 Å². The fourth-order valence-electron chi connectivity index (χ4n) is 1.41. The maximum absolute atomic E-state index is 11.8. The fraction of sp³-hybridized carbons (Fsp3) is 0.400. The Morgan fingerprint density at radius 2 is 2.06 bits per heavy atom. The number of hydrogen-bond acceptors (Lipinski definition) is 3. The first-order chi connectivity index (χ1) is 7.38. The molecule has 2 N–H and O–H groups in total. The summed E-state index contributed by atoms with van der Waals surface area (Å²) in [5.41, 5.74) is 6.70. The number of hydrogen-bond donors (Lipinski definition) is 1. The number of nitrogens with zero attached hydrogens (tertiary/aromatic N) is 1. The first-order valence-corrected chi connectivity index (χ1v) is 6.80. The van der Waals surface area contributed by atoms with E-state index in [1.807, 2.05) is 6.92 Å². The number of sulfonamides is 1. The highest BCUT2D eigenvalue weighted by molar-refractivity contribution is 7.92. The third-order valence-corrected chi connectivity index (χ3v) is 4.31. The van der Waals surface area contributed by atoms with Crippen LogP contribution in [0.1, 0.15) is 5.56 Å². The normalized spacial score (nSPS) is 11.5. The number of anilines is 1. The van der Waals surface area contributed by atoms with Crippen LogP contribution in [-0.2, 0) is 10.0 Å². The minimum absolute atomic E-state index is 0.0639. The number of halogens is 1. The maximum atomic E-state index is 11.8. The molecule has 1 aromatic carbocycles. The van der Waals surface area contributed by atoms with Gasteiger partial charge in [-0.05, 0) is 30.7 Å². The molecule has 0 fully saturated rings. The summed E-state index contributed by atoms with van der Waals surface area (Å²) < 4.78 is 24.8. The molecule has 90 valence electrons. The molecule has 16 heavy (non-hydrogen) atoms. The summed E-state index contributed by atoms with van der Waals surface area (Å²) in [6.07, 6.45) is 0. The van der Waals surface area contributed by atoms with E-state index in [1.54, 1.807) is 18.2 Å². The molecule has 0 aliphatic heterocycles. The van der Waals surface area contributed by atoms with Gasteiger partial charge in [0, 0.05) is 18.6 Å². The lowest BCUT2D eigenvalue weighted by atomic mass is 10.2. The van der Waals surface area contributed by atoms with Crippen LogP contribution in [0.4, 0.5) is 5.69 Å². The van der Waals surface area contributed by atoms with Crippen molar-refractivity contribution in [2.75, 3.05) is 23.7 Å². The van der Waals surface area contributed by atoms with Gasteiger partial charge in [-0.1, -0.05) is 11.6 Å². The average Bonchev–Trinajstić information content (AvgIpc) is 2.16. The summed E-state index contributed by atoms with van der Waals surface area (Å²) in [5, 5.41) is 0.589. The largest absolute Gasteiger partial charge is 0.329 e. The number of aryl methyl sites for hydroxylation is 1. The van der Waals surface area contributed by atoms with Crippen LogP contribution in [0.5, 0.6) is 0 Å². The molecule has 0 unspecified atom stereocenters. The third-order valence-electron chi connectivity index (χ3n) is 2.29. The Bertz CT molecular complexity index is 474. The van der Waals surface area contributed by atoms with E-state index >= 15 is 0 Å².